The van der Waals surface area contributed by atoms with Gasteiger partial charge in [-0.2, -0.15) is 0 Å². The Bertz CT molecular complexity index is 436. The van der Waals surface area contributed by atoms with E-state index in [9.17, 15) is 4.79 Å². The van der Waals surface area contributed by atoms with Crippen LogP contribution in [0.1, 0.15) is 44.6 Å². The van der Waals surface area contributed by atoms with E-state index < -0.39 is 5.54 Å². The normalized spacial score (nSPS) is 17.8. The van der Waals surface area contributed by atoms with E-state index in [1.165, 1.54) is 12.0 Å². The molecule has 104 valence electrons. The highest BCUT2D eigenvalue weighted by atomic mass is 16.5. The molecule has 1 fully saturated rings. The average Bonchev–Trinajstić information content (AvgIpc) is 2.40. The Hall–Kier alpha value is -1.51. The lowest BCUT2D eigenvalue weighted by molar-refractivity contribution is -0.149. The lowest BCUT2D eigenvalue weighted by atomic mass is 9.81. The summed E-state index contributed by atoms with van der Waals surface area (Å²) >= 11 is 0. The second-order valence-electron chi connectivity index (χ2n) is 5.36. The summed E-state index contributed by atoms with van der Waals surface area (Å²) in [5.41, 5.74) is 1.68. The second-order valence-corrected chi connectivity index (χ2v) is 5.36. The van der Waals surface area contributed by atoms with E-state index in [0.717, 1.165) is 31.4 Å². The van der Waals surface area contributed by atoms with Crippen LogP contribution in [0.5, 0.6) is 0 Å². The van der Waals surface area contributed by atoms with Crippen molar-refractivity contribution in [2.24, 2.45) is 0 Å². The van der Waals surface area contributed by atoms with Gasteiger partial charge in [-0.05, 0) is 44.4 Å². The van der Waals surface area contributed by atoms with Gasteiger partial charge in [-0.25, -0.2) is 4.79 Å². The lowest BCUT2D eigenvalue weighted by Crippen LogP contribution is -2.49. The molecule has 0 spiro atoms. The molecule has 3 nitrogen and oxygen atoms in total. The summed E-state index contributed by atoms with van der Waals surface area (Å²) < 4.78 is 5.29. The molecule has 0 unspecified atom stereocenters. The first kappa shape index (κ1) is 13.9. The molecule has 1 saturated carbocycles. The van der Waals surface area contributed by atoms with E-state index in [4.69, 9.17) is 4.74 Å². The first-order chi connectivity index (χ1) is 9.16. The fraction of sp³-hybridized carbons (Fsp3) is 0.562. The van der Waals surface area contributed by atoms with Crippen LogP contribution in [0.2, 0.25) is 0 Å². The molecule has 19 heavy (non-hydrogen) atoms. The van der Waals surface area contributed by atoms with Crippen LogP contribution in [0.25, 0.3) is 0 Å². The number of nitrogens with one attached hydrogen (secondary N) is 1. The van der Waals surface area contributed by atoms with Gasteiger partial charge in [0.25, 0.3) is 0 Å². The van der Waals surface area contributed by atoms with Crippen molar-refractivity contribution in [2.45, 2.75) is 51.5 Å². The van der Waals surface area contributed by atoms with Crippen LogP contribution >= 0.6 is 0 Å². The van der Waals surface area contributed by atoms with Gasteiger partial charge in [0, 0.05) is 5.69 Å². The summed E-state index contributed by atoms with van der Waals surface area (Å²) in [5, 5.41) is 3.45. The molecular weight excluding hydrogens is 238 g/mol. The van der Waals surface area contributed by atoms with Gasteiger partial charge in [0.2, 0.25) is 0 Å². The SMILES string of the molecule is CCOC(=O)C1(Nc2cccc(C)c2)CCCCC1. The first-order valence-electron chi connectivity index (χ1n) is 7.18. The molecule has 1 aliphatic rings. The monoisotopic (exact) mass is 261 g/mol. The summed E-state index contributed by atoms with van der Waals surface area (Å²) in [7, 11) is 0. The predicted octanol–water partition coefficient (Wildman–Crippen LogP) is 3.67. The Morgan fingerprint density at radius 3 is 2.68 bits per heavy atom. The van der Waals surface area contributed by atoms with E-state index in [-0.39, 0.29) is 5.97 Å². The third kappa shape index (κ3) is 3.28. The predicted molar refractivity (Wildman–Crippen MR) is 77.3 cm³/mol. The number of hydrogen-bond acceptors (Lipinski definition) is 3. The third-order valence-electron chi connectivity index (χ3n) is 3.77. The summed E-state index contributed by atoms with van der Waals surface area (Å²) in [6.07, 6.45) is 5.09. The molecule has 0 aromatic heterocycles. The van der Waals surface area contributed by atoms with Crippen LogP contribution in [-0.4, -0.2) is 18.1 Å². The minimum Gasteiger partial charge on any atom is -0.464 e. The van der Waals surface area contributed by atoms with Crippen molar-refractivity contribution in [1.29, 1.82) is 0 Å². The van der Waals surface area contributed by atoms with Gasteiger partial charge < -0.3 is 10.1 Å². The maximum absolute atomic E-state index is 12.3. The molecule has 0 bridgehead atoms. The van der Waals surface area contributed by atoms with Gasteiger partial charge in [-0.1, -0.05) is 31.4 Å². The summed E-state index contributed by atoms with van der Waals surface area (Å²) in [5.74, 6) is -0.101. The number of carbonyl (C=O) groups excluding carboxylic acids is 1. The standard InChI is InChI=1S/C16H23NO2/c1-3-19-15(18)16(10-5-4-6-11-16)17-14-9-7-8-13(2)12-14/h7-9,12,17H,3-6,10-11H2,1-2H3. The van der Waals surface area contributed by atoms with Crippen molar-refractivity contribution in [3.8, 4) is 0 Å². The Labute approximate surface area is 115 Å². The smallest absolute Gasteiger partial charge is 0.331 e. The van der Waals surface area contributed by atoms with Crippen LogP contribution in [0.15, 0.2) is 24.3 Å². The number of aryl methyl sites for hydroxylation is 1. The van der Waals surface area contributed by atoms with Crippen molar-refractivity contribution in [3.05, 3.63) is 29.8 Å². The number of benzene rings is 1. The van der Waals surface area contributed by atoms with Crippen molar-refractivity contribution in [2.75, 3.05) is 11.9 Å². The van der Waals surface area contributed by atoms with Crippen molar-refractivity contribution in [1.82, 2.24) is 0 Å². The molecule has 0 atom stereocenters. The number of rotatable bonds is 4. The Balaban J connectivity index is 2.20. The summed E-state index contributed by atoms with van der Waals surface area (Å²) in [6.45, 7) is 4.36. The average molecular weight is 261 g/mol. The van der Waals surface area contributed by atoms with Crippen molar-refractivity contribution in [3.63, 3.8) is 0 Å². The fourth-order valence-electron chi connectivity index (χ4n) is 2.80. The fourth-order valence-corrected chi connectivity index (χ4v) is 2.80. The Morgan fingerprint density at radius 1 is 1.32 bits per heavy atom. The maximum Gasteiger partial charge on any atom is 0.331 e. The van der Waals surface area contributed by atoms with Crippen LogP contribution < -0.4 is 5.32 Å². The molecule has 0 aliphatic heterocycles. The largest absolute Gasteiger partial charge is 0.464 e. The zero-order valence-electron chi connectivity index (χ0n) is 11.9. The number of ether oxygens (including phenoxy) is 1. The zero-order valence-corrected chi connectivity index (χ0v) is 11.9. The van der Waals surface area contributed by atoms with E-state index in [1.807, 2.05) is 19.1 Å². The topological polar surface area (TPSA) is 38.3 Å². The van der Waals surface area contributed by atoms with Crippen LogP contribution in [-0.2, 0) is 9.53 Å². The molecule has 1 N–H and O–H groups in total. The Kier molecular flexibility index (Phi) is 4.46. The highest BCUT2D eigenvalue weighted by Crippen LogP contribution is 2.33. The third-order valence-corrected chi connectivity index (χ3v) is 3.77. The molecule has 2 rings (SSSR count). The molecule has 1 aromatic rings. The van der Waals surface area contributed by atoms with Crippen LogP contribution in [0, 0.1) is 6.92 Å². The van der Waals surface area contributed by atoms with Gasteiger partial charge in [-0.3, -0.25) is 0 Å². The lowest BCUT2D eigenvalue weighted by Gasteiger charge is -2.36. The number of hydrogen-bond donors (Lipinski definition) is 1. The van der Waals surface area contributed by atoms with E-state index in [2.05, 4.69) is 24.4 Å². The second kappa shape index (κ2) is 6.09. The van der Waals surface area contributed by atoms with Gasteiger partial charge in [0.1, 0.15) is 5.54 Å². The van der Waals surface area contributed by atoms with Crippen LogP contribution in [0.4, 0.5) is 5.69 Å². The molecule has 1 aliphatic carbocycles. The minimum atomic E-state index is -0.526. The number of esters is 1. The highest BCUT2D eigenvalue weighted by Gasteiger charge is 2.40. The number of carbonyl (C=O) groups is 1. The van der Waals surface area contributed by atoms with Crippen molar-refractivity contribution < 1.29 is 9.53 Å². The van der Waals surface area contributed by atoms with E-state index in [0.29, 0.717) is 6.61 Å². The minimum absolute atomic E-state index is 0.101. The zero-order chi connectivity index (χ0) is 13.7. The molecule has 0 amide bonds. The van der Waals surface area contributed by atoms with Gasteiger partial charge in [0.15, 0.2) is 0 Å². The molecular formula is C16H23NO2. The molecule has 0 saturated heterocycles. The van der Waals surface area contributed by atoms with E-state index in [1.54, 1.807) is 0 Å². The van der Waals surface area contributed by atoms with Gasteiger partial charge >= 0.3 is 5.97 Å². The molecule has 1 aromatic carbocycles. The maximum atomic E-state index is 12.3. The Morgan fingerprint density at radius 2 is 2.05 bits per heavy atom. The van der Waals surface area contributed by atoms with Crippen molar-refractivity contribution >= 4 is 11.7 Å². The summed E-state index contributed by atoms with van der Waals surface area (Å²) in [6, 6.07) is 8.17. The van der Waals surface area contributed by atoms with Gasteiger partial charge in [0.05, 0.1) is 6.61 Å². The first-order valence-corrected chi connectivity index (χ1v) is 7.18. The van der Waals surface area contributed by atoms with Gasteiger partial charge in [-0.15, -0.1) is 0 Å². The number of anilines is 1. The summed E-state index contributed by atoms with van der Waals surface area (Å²) in [4.78, 5) is 12.3. The van der Waals surface area contributed by atoms with E-state index >= 15 is 0 Å². The molecule has 0 radical (unpaired) electrons. The quantitative estimate of drug-likeness (QED) is 0.840. The van der Waals surface area contributed by atoms with Crippen LogP contribution in [0.3, 0.4) is 0 Å². The molecule has 0 heterocycles. The molecule has 3 heteroatoms. The highest BCUT2D eigenvalue weighted by molar-refractivity contribution is 5.84.